The molecular weight excluding hydrogens is 338 g/mol. The molecule has 4 nitrogen and oxygen atoms in total. The van der Waals surface area contributed by atoms with E-state index >= 15 is 0 Å². The summed E-state index contributed by atoms with van der Waals surface area (Å²) in [5.74, 6) is 0.500. The average molecular weight is 354 g/mol. The number of sulfonamides is 1. The van der Waals surface area contributed by atoms with Gasteiger partial charge in [0.2, 0.25) is 10.0 Å². The van der Waals surface area contributed by atoms with Gasteiger partial charge < -0.3 is 0 Å². The molecule has 0 fully saturated rings. The van der Waals surface area contributed by atoms with Crippen molar-refractivity contribution < 1.29 is 12.6 Å². The summed E-state index contributed by atoms with van der Waals surface area (Å²) < 4.78 is 38.2. The summed E-state index contributed by atoms with van der Waals surface area (Å²) in [6.45, 7) is 2.05. The molecule has 0 aliphatic heterocycles. The fourth-order valence-electron chi connectivity index (χ4n) is 1.42. The van der Waals surface area contributed by atoms with Gasteiger partial charge in [-0.15, -0.1) is 0 Å². The van der Waals surface area contributed by atoms with Crippen LogP contribution in [0.15, 0.2) is 27.6 Å². The SMILES string of the molecule is Cc1ccc(Br)cc1S(=O)(=O)NCCCS(C)=O. The topological polar surface area (TPSA) is 63.2 Å². The lowest BCUT2D eigenvalue weighted by Crippen LogP contribution is -2.26. The van der Waals surface area contributed by atoms with Gasteiger partial charge in [-0.05, 0) is 31.0 Å². The normalized spacial score (nSPS) is 13.5. The summed E-state index contributed by atoms with van der Waals surface area (Å²) in [7, 11) is -4.38. The first-order valence-electron chi connectivity index (χ1n) is 5.39. The van der Waals surface area contributed by atoms with Crippen molar-refractivity contribution in [2.75, 3.05) is 18.6 Å². The Morgan fingerprint density at radius 2 is 2.06 bits per heavy atom. The Morgan fingerprint density at radius 3 is 2.67 bits per heavy atom. The minimum Gasteiger partial charge on any atom is -0.260 e. The van der Waals surface area contributed by atoms with E-state index in [1.54, 1.807) is 31.4 Å². The highest BCUT2D eigenvalue weighted by atomic mass is 79.9. The molecular formula is C11H16BrNO3S2. The third kappa shape index (κ3) is 4.79. The third-order valence-electron chi connectivity index (χ3n) is 2.34. The molecule has 18 heavy (non-hydrogen) atoms. The molecule has 0 spiro atoms. The highest BCUT2D eigenvalue weighted by Crippen LogP contribution is 2.20. The van der Waals surface area contributed by atoms with Crippen molar-refractivity contribution in [1.82, 2.24) is 4.72 Å². The zero-order chi connectivity index (χ0) is 13.8. The number of benzene rings is 1. The van der Waals surface area contributed by atoms with Crippen molar-refractivity contribution >= 4 is 36.8 Å². The third-order valence-corrected chi connectivity index (χ3v) is 5.30. The summed E-state index contributed by atoms with van der Waals surface area (Å²) in [5.41, 5.74) is 0.699. The van der Waals surface area contributed by atoms with Gasteiger partial charge in [0.1, 0.15) is 0 Å². The molecule has 1 atom stereocenters. The number of nitrogens with one attached hydrogen (secondary N) is 1. The Kier molecular flexibility index (Phi) is 5.97. The monoisotopic (exact) mass is 353 g/mol. The fourth-order valence-corrected chi connectivity index (χ4v) is 3.83. The molecule has 0 aromatic heterocycles. The van der Waals surface area contributed by atoms with Crippen LogP contribution in [0.4, 0.5) is 0 Å². The first kappa shape index (κ1) is 15.8. The molecule has 1 aromatic rings. The lowest BCUT2D eigenvalue weighted by molar-refractivity contribution is 0.580. The van der Waals surface area contributed by atoms with Crippen LogP contribution in [0.1, 0.15) is 12.0 Å². The molecule has 7 heteroatoms. The van der Waals surface area contributed by atoms with Crippen LogP contribution in [-0.2, 0) is 20.8 Å². The van der Waals surface area contributed by atoms with E-state index in [0.29, 0.717) is 24.3 Å². The Hall–Kier alpha value is -0.240. The number of halogens is 1. The summed E-state index contributed by atoms with van der Waals surface area (Å²) in [6, 6.07) is 5.13. The van der Waals surface area contributed by atoms with Crippen LogP contribution in [0.25, 0.3) is 0 Å². The molecule has 1 N–H and O–H groups in total. The van der Waals surface area contributed by atoms with Crippen LogP contribution in [-0.4, -0.2) is 31.2 Å². The molecule has 1 rings (SSSR count). The molecule has 0 heterocycles. The quantitative estimate of drug-likeness (QED) is 0.793. The van der Waals surface area contributed by atoms with Gasteiger partial charge in [0, 0.05) is 33.8 Å². The van der Waals surface area contributed by atoms with E-state index in [0.717, 1.165) is 4.47 Å². The maximum Gasteiger partial charge on any atom is 0.240 e. The largest absolute Gasteiger partial charge is 0.260 e. The molecule has 0 radical (unpaired) electrons. The van der Waals surface area contributed by atoms with E-state index in [4.69, 9.17) is 0 Å². The van der Waals surface area contributed by atoms with E-state index in [2.05, 4.69) is 20.7 Å². The molecule has 0 aliphatic rings. The highest BCUT2D eigenvalue weighted by Gasteiger charge is 2.16. The molecule has 0 amide bonds. The van der Waals surface area contributed by atoms with Crippen LogP contribution in [0, 0.1) is 6.92 Å². The number of hydrogen-bond acceptors (Lipinski definition) is 3. The summed E-state index contributed by atoms with van der Waals surface area (Å²) in [6.07, 6.45) is 2.17. The molecule has 102 valence electrons. The van der Waals surface area contributed by atoms with Crippen molar-refractivity contribution in [3.8, 4) is 0 Å². The van der Waals surface area contributed by atoms with Crippen LogP contribution in [0.5, 0.6) is 0 Å². The standard InChI is InChI=1S/C11H16BrNO3S2/c1-9-4-5-10(12)8-11(9)18(15,16)13-6-3-7-17(2)14/h4-5,8,13H,3,6-7H2,1-2H3. The van der Waals surface area contributed by atoms with Crippen molar-refractivity contribution in [2.45, 2.75) is 18.2 Å². The van der Waals surface area contributed by atoms with Gasteiger partial charge in [-0.25, -0.2) is 13.1 Å². The lowest BCUT2D eigenvalue weighted by atomic mass is 10.2. The van der Waals surface area contributed by atoms with E-state index in [1.165, 1.54) is 0 Å². The first-order valence-corrected chi connectivity index (χ1v) is 9.39. The number of rotatable bonds is 6. The Bertz CT molecular complexity index is 543. The van der Waals surface area contributed by atoms with Crippen LogP contribution in [0.2, 0.25) is 0 Å². The number of aryl methyl sites for hydroxylation is 1. The predicted octanol–water partition coefficient (Wildman–Crippen LogP) is 1.80. The van der Waals surface area contributed by atoms with Gasteiger partial charge in [-0.2, -0.15) is 0 Å². The lowest BCUT2D eigenvalue weighted by Gasteiger charge is -2.09. The summed E-state index contributed by atoms with van der Waals surface area (Å²) in [5, 5.41) is 0. The minimum absolute atomic E-state index is 0.273. The van der Waals surface area contributed by atoms with Gasteiger partial charge in [0.15, 0.2) is 0 Å². The molecule has 1 aromatic carbocycles. The maximum absolute atomic E-state index is 12.0. The second-order valence-corrected chi connectivity index (χ2v) is 8.14. The molecule has 0 saturated heterocycles. The predicted molar refractivity (Wildman–Crippen MR) is 77.6 cm³/mol. The van der Waals surface area contributed by atoms with E-state index in [-0.39, 0.29) is 4.90 Å². The molecule has 0 aliphatic carbocycles. The Balaban J connectivity index is 2.74. The van der Waals surface area contributed by atoms with Gasteiger partial charge in [0.25, 0.3) is 0 Å². The van der Waals surface area contributed by atoms with E-state index in [9.17, 15) is 12.6 Å². The van der Waals surface area contributed by atoms with E-state index < -0.39 is 20.8 Å². The van der Waals surface area contributed by atoms with Crippen molar-refractivity contribution in [1.29, 1.82) is 0 Å². The summed E-state index contributed by atoms with van der Waals surface area (Å²) >= 11 is 3.26. The van der Waals surface area contributed by atoms with Crippen molar-refractivity contribution in [3.63, 3.8) is 0 Å². The zero-order valence-electron chi connectivity index (χ0n) is 10.3. The van der Waals surface area contributed by atoms with Crippen LogP contribution >= 0.6 is 15.9 Å². The van der Waals surface area contributed by atoms with E-state index in [1.807, 2.05) is 0 Å². The van der Waals surface area contributed by atoms with Gasteiger partial charge in [0.05, 0.1) is 4.90 Å². The smallest absolute Gasteiger partial charge is 0.240 e. The maximum atomic E-state index is 12.0. The van der Waals surface area contributed by atoms with Crippen LogP contribution < -0.4 is 4.72 Å². The second kappa shape index (κ2) is 6.79. The highest BCUT2D eigenvalue weighted by molar-refractivity contribution is 9.10. The Labute approximate surface area is 119 Å². The zero-order valence-corrected chi connectivity index (χ0v) is 13.5. The van der Waals surface area contributed by atoms with Gasteiger partial charge in [-0.3, -0.25) is 4.21 Å². The van der Waals surface area contributed by atoms with Gasteiger partial charge >= 0.3 is 0 Å². The minimum atomic E-state index is -3.49. The fraction of sp³-hybridized carbons (Fsp3) is 0.455. The summed E-state index contributed by atoms with van der Waals surface area (Å²) in [4.78, 5) is 0.273. The molecule has 1 unspecified atom stereocenters. The second-order valence-electron chi connectivity index (χ2n) is 3.94. The molecule has 0 saturated carbocycles. The Morgan fingerprint density at radius 1 is 1.39 bits per heavy atom. The van der Waals surface area contributed by atoms with Crippen molar-refractivity contribution in [3.05, 3.63) is 28.2 Å². The molecule has 0 bridgehead atoms. The first-order chi connectivity index (χ1) is 8.33. The van der Waals surface area contributed by atoms with Gasteiger partial charge in [-0.1, -0.05) is 22.0 Å². The van der Waals surface area contributed by atoms with Crippen molar-refractivity contribution in [2.24, 2.45) is 0 Å². The number of hydrogen-bond donors (Lipinski definition) is 1. The van der Waals surface area contributed by atoms with Crippen LogP contribution in [0.3, 0.4) is 0 Å². The average Bonchev–Trinajstić information content (AvgIpc) is 2.27.